The topological polar surface area (TPSA) is 95.9 Å². The van der Waals surface area contributed by atoms with Gasteiger partial charge >= 0.3 is 5.97 Å². The van der Waals surface area contributed by atoms with Crippen molar-refractivity contribution in [2.45, 2.75) is 31.5 Å². The highest BCUT2D eigenvalue weighted by Gasteiger charge is 2.35. The molecule has 0 spiro atoms. The highest BCUT2D eigenvalue weighted by Crippen LogP contribution is 2.21. The summed E-state index contributed by atoms with van der Waals surface area (Å²) in [7, 11) is 3.10. The number of carboxylic acid groups (broad SMARTS) is 1. The minimum atomic E-state index is -1.04. The lowest BCUT2D eigenvalue weighted by atomic mass is 10.2. The second-order valence-electron chi connectivity index (χ2n) is 4.21. The van der Waals surface area contributed by atoms with Crippen molar-refractivity contribution in [2.75, 3.05) is 20.6 Å². The molecule has 0 saturated carbocycles. The SMILES string of the molecule is CNC(=O)CCN(C)C(=O)[C@@H]1CC[C@H](C(=O)O)O1. The maximum Gasteiger partial charge on any atom is 0.332 e. The van der Waals surface area contributed by atoms with E-state index in [2.05, 4.69) is 5.32 Å². The standard InChI is InChI=1S/C11H18N2O5/c1-12-9(14)5-6-13(2)10(15)7-3-4-8(18-7)11(16)17/h7-8H,3-6H2,1-2H3,(H,12,14)(H,16,17)/t7-,8+/m0/s1. The van der Waals surface area contributed by atoms with Gasteiger partial charge < -0.3 is 20.1 Å². The van der Waals surface area contributed by atoms with Gasteiger partial charge in [-0.3, -0.25) is 9.59 Å². The quantitative estimate of drug-likeness (QED) is 0.674. The van der Waals surface area contributed by atoms with E-state index in [4.69, 9.17) is 9.84 Å². The van der Waals surface area contributed by atoms with Crippen molar-refractivity contribution in [3.05, 3.63) is 0 Å². The number of rotatable bonds is 5. The van der Waals surface area contributed by atoms with Crippen LogP contribution in [0.5, 0.6) is 0 Å². The Labute approximate surface area is 105 Å². The first-order chi connectivity index (χ1) is 8.45. The van der Waals surface area contributed by atoms with Crippen molar-refractivity contribution >= 4 is 17.8 Å². The van der Waals surface area contributed by atoms with Crippen LogP contribution in [0, 0.1) is 0 Å². The predicted molar refractivity (Wildman–Crippen MR) is 61.9 cm³/mol. The number of aliphatic carboxylic acids is 1. The molecule has 0 aromatic carbocycles. The third kappa shape index (κ3) is 3.69. The fourth-order valence-electron chi connectivity index (χ4n) is 1.75. The molecule has 0 aliphatic carbocycles. The van der Waals surface area contributed by atoms with Crippen LogP contribution in [-0.2, 0) is 19.1 Å². The Morgan fingerprint density at radius 2 is 1.94 bits per heavy atom. The van der Waals surface area contributed by atoms with E-state index in [9.17, 15) is 14.4 Å². The number of nitrogens with zero attached hydrogens (tertiary/aromatic N) is 1. The fourth-order valence-corrected chi connectivity index (χ4v) is 1.75. The summed E-state index contributed by atoms with van der Waals surface area (Å²) in [6, 6.07) is 0. The number of nitrogens with one attached hydrogen (secondary N) is 1. The van der Waals surface area contributed by atoms with Crippen LogP contribution >= 0.6 is 0 Å². The zero-order valence-electron chi connectivity index (χ0n) is 10.5. The van der Waals surface area contributed by atoms with Crippen LogP contribution in [0.2, 0.25) is 0 Å². The molecule has 2 N–H and O–H groups in total. The van der Waals surface area contributed by atoms with E-state index < -0.39 is 18.2 Å². The highest BCUT2D eigenvalue weighted by atomic mass is 16.5. The Morgan fingerprint density at radius 3 is 2.44 bits per heavy atom. The largest absolute Gasteiger partial charge is 0.479 e. The zero-order chi connectivity index (χ0) is 13.7. The summed E-state index contributed by atoms with van der Waals surface area (Å²) in [4.78, 5) is 35.0. The summed E-state index contributed by atoms with van der Waals surface area (Å²) in [5.41, 5.74) is 0. The second kappa shape index (κ2) is 6.34. The summed E-state index contributed by atoms with van der Waals surface area (Å²) in [5.74, 6) is -1.47. The van der Waals surface area contributed by atoms with E-state index in [0.717, 1.165) is 0 Å². The molecule has 1 heterocycles. The number of likely N-dealkylation sites (N-methyl/N-ethyl adjacent to an activating group) is 1. The molecule has 0 aromatic heterocycles. The minimum Gasteiger partial charge on any atom is -0.479 e. The second-order valence-corrected chi connectivity index (χ2v) is 4.21. The number of hydrogen-bond donors (Lipinski definition) is 2. The lowest BCUT2D eigenvalue weighted by Gasteiger charge is -2.20. The van der Waals surface area contributed by atoms with Crippen molar-refractivity contribution in [3.63, 3.8) is 0 Å². The zero-order valence-corrected chi connectivity index (χ0v) is 10.5. The molecule has 1 fully saturated rings. The third-order valence-electron chi connectivity index (χ3n) is 2.90. The summed E-state index contributed by atoms with van der Waals surface area (Å²) in [5, 5.41) is 11.2. The molecule has 102 valence electrons. The summed E-state index contributed by atoms with van der Waals surface area (Å²) in [6.45, 7) is 0.288. The van der Waals surface area contributed by atoms with Crippen LogP contribution in [0.3, 0.4) is 0 Å². The van der Waals surface area contributed by atoms with Crippen molar-refractivity contribution in [1.29, 1.82) is 0 Å². The van der Waals surface area contributed by atoms with E-state index in [1.807, 2.05) is 0 Å². The van der Waals surface area contributed by atoms with Gasteiger partial charge in [-0.25, -0.2) is 4.79 Å². The van der Waals surface area contributed by atoms with Gasteiger partial charge in [0.2, 0.25) is 5.91 Å². The van der Waals surface area contributed by atoms with Crippen LogP contribution in [0.25, 0.3) is 0 Å². The average molecular weight is 258 g/mol. The Balaban J connectivity index is 2.40. The molecule has 2 amide bonds. The summed E-state index contributed by atoms with van der Waals surface area (Å²) >= 11 is 0. The number of carbonyl (C=O) groups is 3. The van der Waals surface area contributed by atoms with E-state index in [1.165, 1.54) is 11.9 Å². The first-order valence-electron chi connectivity index (χ1n) is 5.79. The van der Waals surface area contributed by atoms with E-state index in [1.54, 1.807) is 7.05 Å². The van der Waals surface area contributed by atoms with Crippen LogP contribution < -0.4 is 5.32 Å². The monoisotopic (exact) mass is 258 g/mol. The maximum absolute atomic E-state index is 11.9. The normalized spacial score (nSPS) is 22.6. The summed E-state index contributed by atoms with van der Waals surface area (Å²) in [6.07, 6.45) is -0.643. The first kappa shape index (κ1) is 14.4. The van der Waals surface area contributed by atoms with Gasteiger partial charge in [-0.1, -0.05) is 0 Å². The maximum atomic E-state index is 11.9. The molecule has 7 nitrogen and oxygen atoms in total. The number of amides is 2. The summed E-state index contributed by atoms with van der Waals surface area (Å²) < 4.78 is 5.15. The fraction of sp³-hybridized carbons (Fsp3) is 0.727. The molecule has 0 aromatic rings. The molecule has 7 heteroatoms. The smallest absolute Gasteiger partial charge is 0.332 e. The number of hydrogen-bond acceptors (Lipinski definition) is 4. The number of carboxylic acids is 1. The minimum absolute atomic E-state index is 0.148. The molecule has 0 unspecified atom stereocenters. The van der Waals surface area contributed by atoms with Crippen molar-refractivity contribution in [2.24, 2.45) is 0 Å². The molecule has 1 rings (SSSR count). The van der Waals surface area contributed by atoms with Crippen LogP contribution in [-0.4, -0.2) is 60.6 Å². The van der Waals surface area contributed by atoms with Crippen LogP contribution in [0.4, 0.5) is 0 Å². The van der Waals surface area contributed by atoms with Crippen molar-refractivity contribution in [1.82, 2.24) is 10.2 Å². The lowest BCUT2D eigenvalue weighted by molar-refractivity contribution is -0.154. The van der Waals surface area contributed by atoms with Gasteiger partial charge in [0.15, 0.2) is 6.10 Å². The Morgan fingerprint density at radius 1 is 1.33 bits per heavy atom. The molecule has 1 aliphatic heterocycles. The number of carbonyl (C=O) groups excluding carboxylic acids is 2. The van der Waals surface area contributed by atoms with Crippen LogP contribution in [0.15, 0.2) is 0 Å². The van der Waals surface area contributed by atoms with Gasteiger partial charge in [-0.2, -0.15) is 0 Å². The highest BCUT2D eigenvalue weighted by molar-refractivity contribution is 5.83. The molecular formula is C11H18N2O5. The van der Waals surface area contributed by atoms with Gasteiger partial charge in [-0.05, 0) is 12.8 Å². The van der Waals surface area contributed by atoms with Gasteiger partial charge in [0.25, 0.3) is 5.91 Å². The molecule has 0 bridgehead atoms. The van der Waals surface area contributed by atoms with E-state index in [0.29, 0.717) is 12.8 Å². The Kier molecular flexibility index (Phi) is 5.08. The molecule has 2 atom stereocenters. The van der Waals surface area contributed by atoms with Gasteiger partial charge in [-0.15, -0.1) is 0 Å². The molecule has 0 radical (unpaired) electrons. The molecule has 18 heavy (non-hydrogen) atoms. The molecule has 1 saturated heterocycles. The molecular weight excluding hydrogens is 240 g/mol. The van der Waals surface area contributed by atoms with E-state index in [-0.39, 0.29) is 24.8 Å². The average Bonchev–Trinajstić information content (AvgIpc) is 2.84. The Bertz CT molecular complexity index is 344. The van der Waals surface area contributed by atoms with Crippen LogP contribution in [0.1, 0.15) is 19.3 Å². The van der Waals surface area contributed by atoms with Gasteiger partial charge in [0.1, 0.15) is 6.10 Å². The van der Waals surface area contributed by atoms with E-state index >= 15 is 0 Å². The van der Waals surface area contributed by atoms with Gasteiger partial charge in [0, 0.05) is 27.1 Å². The van der Waals surface area contributed by atoms with Gasteiger partial charge in [0.05, 0.1) is 0 Å². The third-order valence-corrected chi connectivity index (χ3v) is 2.90. The predicted octanol–water partition coefficient (Wildman–Crippen LogP) is -0.787. The first-order valence-corrected chi connectivity index (χ1v) is 5.79. The number of ether oxygens (including phenoxy) is 1. The van der Waals surface area contributed by atoms with Crippen molar-refractivity contribution in [3.8, 4) is 0 Å². The Hall–Kier alpha value is -1.63. The van der Waals surface area contributed by atoms with Crippen molar-refractivity contribution < 1.29 is 24.2 Å². The molecule has 1 aliphatic rings. The lowest BCUT2D eigenvalue weighted by Crippen LogP contribution is -2.39.